The first-order valence-corrected chi connectivity index (χ1v) is 5.38. The molecule has 0 spiro atoms. The third-order valence-corrected chi connectivity index (χ3v) is 2.29. The monoisotopic (exact) mass is 195 g/mol. The van der Waals surface area contributed by atoms with Crippen LogP contribution in [0.2, 0.25) is 0 Å². The zero-order chi connectivity index (χ0) is 9.61. The molecule has 0 atom stereocenters. The number of hydrogen-bond acceptors (Lipinski definition) is 3. The third kappa shape index (κ3) is 5.43. The summed E-state index contributed by atoms with van der Waals surface area (Å²) < 4.78 is 10.3. The molecule has 0 aliphatic carbocycles. The number of hydrogen-bond donors (Lipinski definition) is 3. The number of carbonyl (C=O) groups is 1. The highest BCUT2D eigenvalue weighted by Crippen LogP contribution is 2.37. The van der Waals surface area contributed by atoms with Crippen LogP contribution in [0.5, 0.6) is 0 Å². The van der Waals surface area contributed by atoms with Crippen LogP contribution in [-0.2, 0) is 9.36 Å². The van der Waals surface area contributed by atoms with E-state index in [0.717, 1.165) is 12.8 Å². The zero-order valence-corrected chi connectivity index (χ0v) is 7.67. The van der Waals surface area contributed by atoms with Crippen molar-refractivity contribution in [2.75, 3.05) is 6.54 Å². The number of nitrogens with two attached hydrogens (primary N) is 1. The minimum Gasteiger partial charge on any atom is -0.330 e. The van der Waals surface area contributed by atoms with E-state index in [9.17, 15) is 9.36 Å². The fourth-order valence-electron chi connectivity index (χ4n) is 0.743. The van der Waals surface area contributed by atoms with Gasteiger partial charge in [-0.05, 0) is 19.4 Å². The first-order valence-electron chi connectivity index (χ1n) is 3.77. The van der Waals surface area contributed by atoms with Gasteiger partial charge >= 0.3 is 7.60 Å². The minimum absolute atomic E-state index is 0.0513. The molecule has 0 aromatic heterocycles. The van der Waals surface area contributed by atoms with E-state index in [1.54, 1.807) is 0 Å². The Kier molecular flexibility index (Phi) is 5.33. The van der Waals surface area contributed by atoms with Crippen molar-refractivity contribution >= 4 is 13.1 Å². The van der Waals surface area contributed by atoms with Gasteiger partial charge in [0.1, 0.15) is 0 Å². The van der Waals surface area contributed by atoms with Crippen LogP contribution in [0.4, 0.5) is 0 Å². The second kappa shape index (κ2) is 5.43. The number of rotatable bonds is 6. The summed E-state index contributed by atoms with van der Waals surface area (Å²) in [6.45, 7) is 0.546. The maximum Gasteiger partial charge on any atom is 0.391 e. The lowest BCUT2D eigenvalue weighted by Gasteiger charge is -2.01. The molecule has 6 heteroatoms. The Labute approximate surface area is 71.1 Å². The van der Waals surface area contributed by atoms with Crippen LogP contribution in [0.1, 0.15) is 25.7 Å². The summed E-state index contributed by atoms with van der Waals surface area (Å²) in [4.78, 5) is 27.4. The van der Waals surface area contributed by atoms with Gasteiger partial charge in [0, 0.05) is 6.42 Å². The van der Waals surface area contributed by atoms with Gasteiger partial charge in [-0.1, -0.05) is 6.42 Å². The van der Waals surface area contributed by atoms with Gasteiger partial charge in [-0.15, -0.1) is 0 Å². The maximum absolute atomic E-state index is 10.6. The molecule has 0 aliphatic rings. The van der Waals surface area contributed by atoms with Gasteiger partial charge in [0.2, 0.25) is 5.52 Å². The molecule has 0 radical (unpaired) electrons. The van der Waals surface area contributed by atoms with Crippen molar-refractivity contribution in [3.63, 3.8) is 0 Å². The van der Waals surface area contributed by atoms with E-state index >= 15 is 0 Å². The van der Waals surface area contributed by atoms with Crippen molar-refractivity contribution in [1.29, 1.82) is 0 Å². The number of carbonyl (C=O) groups excluding carboxylic acids is 1. The lowest BCUT2D eigenvalue weighted by atomic mass is 10.2. The maximum atomic E-state index is 10.6. The quantitative estimate of drug-likeness (QED) is 0.415. The van der Waals surface area contributed by atoms with Crippen molar-refractivity contribution < 1.29 is 19.1 Å². The minimum atomic E-state index is -4.48. The molecule has 5 nitrogen and oxygen atoms in total. The predicted octanol–water partition coefficient (Wildman–Crippen LogP) is 0.210. The molecule has 0 saturated carbocycles. The molecule has 72 valence electrons. The molecule has 0 unspecified atom stereocenters. The standard InChI is InChI=1S/C6H14NO4P/c7-5-3-1-2-4-6(8)12(9,10)11/h1-5,7H2,(H2,9,10,11). The molecular weight excluding hydrogens is 181 g/mol. The molecular formula is C6H14NO4P. The van der Waals surface area contributed by atoms with E-state index in [0.29, 0.717) is 13.0 Å². The highest BCUT2D eigenvalue weighted by Gasteiger charge is 2.23. The van der Waals surface area contributed by atoms with Gasteiger partial charge in [0.15, 0.2) is 0 Å². The van der Waals surface area contributed by atoms with Crippen molar-refractivity contribution in [2.45, 2.75) is 25.7 Å². The summed E-state index contributed by atoms with van der Waals surface area (Å²) in [6, 6.07) is 0. The second-order valence-electron chi connectivity index (χ2n) is 2.54. The van der Waals surface area contributed by atoms with E-state index in [4.69, 9.17) is 15.5 Å². The highest BCUT2D eigenvalue weighted by molar-refractivity contribution is 7.70. The lowest BCUT2D eigenvalue weighted by molar-refractivity contribution is -0.113. The van der Waals surface area contributed by atoms with Crippen LogP contribution in [0.3, 0.4) is 0 Å². The summed E-state index contributed by atoms with van der Waals surface area (Å²) >= 11 is 0. The van der Waals surface area contributed by atoms with Crippen molar-refractivity contribution in [3.05, 3.63) is 0 Å². The Bertz CT molecular complexity index is 188. The molecule has 0 saturated heterocycles. The fraction of sp³-hybridized carbons (Fsp3) is 0.833. The van der Waals surface area contributed by atoms with Crippen molar-refractivity contribution in [3.8, 4) is 0 Å². The average molecular weight is 195 g/mol. The molecule has 0 rings (SSSR count). The molecule has 4 N–H and O–H groups in total. The molecule has 0 aromatic carbocycles. The van der Waals surface area contributed by atoms with Gasteiger partial charge < -0.3 is 15.5 Å². The summed E-state index contributed by atoms with van der Waals surface area (Å²) in [6.07, 6.45) is 1.97. The summed E-state index contributed by atoms with van der Waals surface area (Å²) in [7, 11) is -4.48. The molecule has 0 amide bonds. The topological polar surface area (TPSA) is 101 Å². The molecule has 0 aromatic rings. The van der Waals surface area contributed by atoms with Crippen molar-refractivity contribution in [2.24, 2.45) is 5.73 Å². The summed E-state index contributed by atoms with van der Waals surface area (Å²) in [5.41, 5.74) is 4.22. The highest BCUT2D eigenvalue weighted by atomic mass is 31.2. The predicted molar refractivity (Wildman–Crippen MR) is 44.6 cm³/mol. The van der Waals surface area contributed by atoms with Gasteiger partial charge in [-0.25, -0.2) is 0 Å². The van der Waals surface area contributed by atoms with Crippen molar-refractivity contribution in [1.82, 2.24) is 0 Å². The summed E-state index contributed by atoms with van der Waals surface area (Å²) in [5, 5.41) is 0. The van der Waals surface area contributed by atoms with Gasteiger partial charge in [-0.3, -0.25) is 9.36 Å². The smallest absolute Gasteiger partial charge is 0.330 e. The Morgan fingerprint density at radius 3 is 2.25 bits per heavy atom. The van der Waals surface area contributed by atoms with Crippen LogP contribution in [0, 0.1) is 0 Å². The second-order valence-corrected chi connectivity index (χ2v) is 4.12. The van der Waals surface area contributed by atoms with Gasteiger partial charge in [0.05, 0.1) is 0 Å². The van der Waals surface area contributed by atoms with E-state index in [-0.39, 0.29) is 6.42 Å². The Balaban J connectivity index is 3.52. The fourth-order valence-corrected chi connectivity index (χ4v) is 1.19. The normalized spacial score (nSPS) is 11.6. The Morgan fingerprint density at radius 1 is 1.25 bits per heavy atom. The van der Waals surface area contributed by atoms with E-state index in [2.05, 4.69) is 0 Å². The SMILES string of the molecule is NCCCCCC(=O)P(=O)(O)O. The van der Waals surface area contributed by atoms with E-state index in [1.165, 1.54) is 0 Å². The molecule has 12 heavy (non-hydrogen) atoms. The zero-order valence-electron chi connectivity index (χ0n) is 6.77. The van der Waals surface area contributed by atoms with Crippen LogP contribution in [0.15, 0.2) is 0 Å². The molecule has 0 heterocycles. The van der Waals surface area contributed by atoms with Crippen LogP contribution >= 0.6 is 7.60 Å². The lowest BCUT2D eigenvalue weighted by Crippen LogP contribution is -2.01. The third-order valence-electron chi connectivity index (χ3n) is 1.42. The molecule has 0 aliphatic heterocycles. The van der Waals surface area contributed by atoms with Gasteiger partial charge in [0.25, 0.3) is 0 Å². The first-order chi connectivity index (χ1) is 5.48. The van der Waals surface area contributed by atoms with E-state index < -0.39 is 13.1 Å². The largest absolute Gasteiger partial charge is 0.391 e. The first kappa shape index (κ1) is 11.8. The molecule has 0 fully saturated rings. The van der Waals surface area contributed by atoms with Crippen LogP contribution < -0.4 is 5.73 Å². The van der Waals surface area contributed by atoms with Gasteiger partial charge in [-0.2, -0.15) is 0 Å². The number of unbranched alkanes of at least 4 members (excludes halogenated alkanes) is 2. The Morgan fingerprint density at radius 2 is 1.83 bits per heavy atom. The summed E-state index contributed by atoms with van der Waals surface area (Å²) in [5.74, 6) is 0. The Hall–Kier alpha value is -0.220. The van der Waals surface area contributed by atoms with Crippen LogP contribution in [-0.4, -0.2) is 21.9 Å². The van der Waals surface area contributed by atoms with Crippen LogP contribution in [0.25, 0.3) is 0 Å². The average Bonchev–Trinajstić information content (AvgIpc) is 1.96. The van der Waals surface area contributed by atoms with E-state index in [1.807, 2.05) is 0 Å². The molecule has 0 bridgehead atoms.